The highest BCUT2D eigenvalue weighted by molar-refractivity contribution is 14.0. The number of amides is 1. The lowest BCUT2D eigenvalue weighted by Gasteiger charge is -2.30. The Balaban J connectivity index is 0.00000261. The number of guanidine groups is 1. The van der Waals surface area contributed by atoms with Crippen LogP contribution in [0.4, 0.5) is 5.69 Å². The van der Waals surface area contributed by atoms with Gasteiger partial charge in [-0.3, -0.25) is 9.79 Å². The zero-order valence-electron chi connectivity index (χ0n) is 15.1. The van der Waals surface area contributed by atoms with Crippen molar-refractivity contribution in [3.05, 3.63) is 66.2 Å². The van der Waals surface area contributed by atoms with Gasteiger partial charge in [-0.25, -0.2) is 0 Å². The molecule has 1 amide bonds. The van der Waals surface area contributed by atoms with E-state index < -0.39 is 0 Å². The molecule has 1 saturated heterocycles. The van der Waals surface area contributed by atoms with Crippen molar-refractivity contribution in [2.75, 3.05) is 38.2 Å². The van der Waals surface area contributed by atoms with Crippen LogP contribution in [-0.4, -0.2) is 49.6 Å². The molecule has 6 nitrogen and oxygen atoms in total. The molecule has 2 aromatic carbocycles. The first-order valence-corrected chi connectivity index (χ1v) is 8.77. The van der Waals surface area contributed by atoms with Gasteiger partial charge < -0.3 is 20.7 Å². The molecule has 3 rings (SSSR count). The van der Waals surface area contributed by atoms with E-state index in [1.54, 1.807) is 0 Å². The van der Waals surface area contributed by atoms with E-state index in [4.69, 9.17) is 10.5 Å². The van der Waals surface area contributed by atoms with Crippen LogP contribution in [-0.2, 0) is 9.53 Å². The van der Waals surface area contributed by atoms with E-state index in [2.05, 4.69) is 10.3 Å². The van der Waals surface area contributed by atoms with Gasteiger partial charge in [-0.15, -0.1) is 24.0 Å². The Morgan fingerprint density at radius 1 is 1.07 bits per heavy atom. The Morgan fingerprint density at radius 3 is 2.30 bits per heavy atom. The van der Waals surface area contributed by atoms with Gasteiger partial charge in [0.2, 0.25) is 5.91 Å². The Labute approximate surface area is 176 Å². The number of carbonyl (C=O) groups excluding carboxylic acids is 1. The third-order valence-corrected chi connectivity index (χ3v) is 4.31. The standard InChI is InChI=1S/C20H24N4O2.HI/c21-20(23-17-9-5-2-6-10-17)22-15-18(16-7-3-1-4-8-16)19(25)24-11-13-26-14-12-24;/h1-10,18H,11-15H2,(H3,21,22,23);1H. The molecule has 1 heterocycles. The lowest BCUT2D eigenvalue weighted by atomic mass is 9.97. The highest BCUT2D eigenvalue weighted by Crippen LogP contribution is 2.20. The van der Waals surface area contributed by atoms with E-state index in [0.29, 0.717) is 38.8 Å². The number of nitrogens with two attached hydrogens (primary N) is 1. The number of aliphatic imine (C=N–C) groups is 1. The average molecular weight is 480 g/mol. The molecule has 7 heteroatoms. The first kappa shape index (κ1) is 21.2. The minimum Gasteiger partial charge on any atom is -0.378 e. The van der Waals surface area contributed by atoms with Crippen molar-refractivity contribution in [3.63, 3.8) is 0 Å². The predicted octanol–water partition coefficient (Wildman–Crippen LogP) is 2.67. The molecule has 0 saturated carbocycles. The van der Waals surface area contributed by atoms with Crippen LogP contribution in [0.15, 0.2) is 65.7 Å². The van der Waals surface area contributed by atoms with Crippen LogP contribution in [0.3, 0.4) is 0 Å². The number of morpholine rings is 1. The summed E-state index contributed by atoms with van der Waals surface area (Å²) >= 11 is 0. The molecule has 144 valence electrons. The monoisotopic (exact) mass is 480 g/mol. The van der Waals surface area contributed by atoms with Gasteiger partial charge in [0.05, 0.1) is 25.7 Å². The molecule has 0 aliphatic carbocycles. The number of nitrogens with zero attached hydrogens (tertiary/aromatic N) is 2. The molecule has 0 bridgehead atoms. The summed E-state index contributed by atoms with van der Waals surface area (Å²) in [7, 11) is 0. The summed E-state index contributed by atoms with van der Waals surface area (Å²) in [6.07, 6.45) is 0. The topological polar surface area (TPSA) is 80.0 Å². The first-order valence-electron chi connectivity index (χ1n) is 8.77. The second-order valence-corrected chi connectivity index (χ2v) is 6.12. The fraction of sp³-hybridized carbons (Fsp3) is 0.300. The molecule has 1 atom stereocenters. The van der Waals surface area contributed by atoms with Gasteiger partial charge in [0.1, 0.15) is 0 Å². The van der Waals surface area contributed by atoms with Crippen LogP contribution >= 0.6 is 24.0 Å². The highest BCUT2D eigenvalue weighted by atomic mass is 127. The molecule has 3 N–H and O–H groups in total. The van der Waals surface area contributed by atoms with Crippen molar-refractivity contribution in [1.82, 2.24) is 4.90 Å². The predicted molar refractivity (Wildman–Crippen MR) is 119 cm³/mol. The smallest absolute Gasteiger partial charge is 0.232 e. The van der Waals surface area contributed by atoms with Crippen molar-refractivity contribution in [2.45, 2.75) is 5.92 Å². The number of para-hydroxylation sites is 1. The van der Waals surface area contributed by atoms with Gasteiger partial charge in [0.15, 0.2) is 5.96 Å². The molecular formula is C20H25IN4O2. The van der Waals surface area contributed by atoms with Gasteiger partial charge in [0.25, 0.3) is 0 Å². The van der Waals surface area contributed by atoms with E-state index in [9.17, 15) is 4.79 Å². The van der Waals surface area contributed by atoms with E-state index in [0.717, 1.165) is 11.3 Å². The lowest BCUT2D eigenvalue weighted by molar-refractivity contribution is -0.136. The van der Waals surface area contributed by atoms with Crippen LogP contribution in [0.25, 0.3) is 0 Å². The molecule has 1 aliphatic heterocycles. The number of halogens is 1. The molecule has 0 aromatic heterocycles. The number of hydrogen-bond acceptors (Lipinski definition) is 3. The molecular weight excluding hydrogens is 455 g/mol. The maximum Gasteiger partial charge on any atom is 0.232 e. The maximum atomic E-state index is 13.0. The SMILES string of the molecule is I.NC(=NCC(C(=O)N1CCOCC1)c1ccccc1)Nc1ccccc1. The van der Waals surface area contributed by atoms with Crippen molar-refractivity contribution in [3.8, 4) is 0 Å². The van der Waals surface area contributed by atoms with E-state index in [1.165, 1.54) is 0 Å². The first-order chi connectivity index (χ1) is 12.7. The zero-order valence-corrected chi connectivity index (χ0v) is 17.4. The highest BCUT2D eigenvalue weighted by Gasteiger charge is 2.27. The third-order valence-electron chi connectivity index (χ3n) is 4.31. The summed E-state index contributed by atoms with van der Waals surface area (Å²) in [5.74, 6) is 0.00749. The molecule has 0 radical (unpaired) electrons. The number of nitrogens with one attached hydrogen (secondary N) is 1. The minimum atomic E-state index is -0.356. The van der Waals surface area contributed by atoms with Gasteiger partial charge >= 0.3 is 0 Å². The third kappa shape index (κ3) is 6.21. The van der Waals surface area contributed by atoms with Gasteiger partial charge in [-0.05, 0) is 17.7 Å². The summed E-state index contributed by atoms with van der Waals surface area (Å²) in [6.45, 7) is 2.68. The van der Waals surface area contributed by atoms with Gasteiger partial charge in [0, 0.05) is 18.8 Å². The molecule has 0 spiro atoms. The summed E-state index contributed by atoms with van der Waals surface area (Å²) in [6, 6.07) is 19.3. The molecule has 27 heavy (non-hydrogen) atoms. The van der Waals surface area contributed by atoms with Crippen LogP contribution in [0.2, 0.25) is 0 Å². The average Bonchev–Trinajstić information content (AvgIpc) is 2.70. The van der Waals surface area contributed by atoms with Crippen LogP contribution in [0.5, 0.6) is 0 Å². The molecule has 1 aliphatic rings. The second-order valence-electron chi connectivity index (χ2n) is 6.12. The van der Waals surface area contributed by atoms with Crippen molar-refractivity contribution in [2.24, 2.45) is 10.7 Å². The maximum absolute atomic E-state index is 13.0. The quantitative estimate of drug-likeness (QED) is 0.392. The Bertz CT molecular complexity index is 734. The number of carbonyl (C=O) groups is 1. The molecule has 1 fully saturated rings. The van der Waals surface area contributed by atoms with Crippen LogP contribution in [0, 0.1) is 0 Å². The van der Waals surface area contributed by atoms with E-state index >= 15 is 0 Å². The zero-order chi connectivity index (χ0) is 18.2. The fourth-order valence-electron chi connectivity index (χ4n) is 2.91. The van der Waals surface area contributed by atoms with Crippen LogP contribution in [0.1, 0.15) is 11.5 Å². The molecule has 2 aromatic rings. The van der Waals surface area contributed by atoms with Gasteiger partial charge in [-0.2, -0.15) is 0 Å². The van der Waals surface area contributed by atoms with Crippen molar-refractivity contribution >= 4 is 41.5 Å². The summed E-state index contributed by atoms with van der Waals surface area (Å²) in [5, 5.41) is 3.05. The number of rotatable bonds is 5. The summed E-state index contributed by atoms with van der Waals surface area (Å²) in [5.41, 5.74) is 7.81. The summed E-state index contributed by atoms with van der Waals surface area (Å²) < 4.78 is 5.35. The minimum absolute atomic E-state index is 0. The van der Waals surface area contributed by atoms with Crippen LogP contribution < -0.4 is 11.1 Å². The van der Waals surface area contributed by atoms with Crippen molar-refractivity contribution < 1.29 is 9.53 Å². The number of anilines is 1. The number of ether oxygens (including phenoxy) is 1. The lowest BCUT2D eigenvalue weighted by Crippen LogP contribution is -2.43. The largest absolute Gasteiger partial charge is 0.378 e. The molecule has 1 unspecified atom stereocenters. The summed E-state index contributed by atoms with van der Waals surface area (Å²) in [4.78, 5) is 19.3. The number of hydrogen-bond donors (Lipinski definition) is 2. The van der Waals surface area contributed by atoms with E-state index in [-0.39, 0.29) is 35.8 Å². The normalized spacial score (nSPS) is 15.6. The van der Waals surface area contributed by atoms with E-state index in [1.807, 2.05) is 65.6 Å². The fourth-order valence-corrected chi connectivity index (χ4v) is 2.91. The van der Waals surface area contributed by atoms with Crippen molar-refractivity contribution in [1.29, 1.82) is 0 Å². The number of benzene rings is 2. The Kier molecular flexibility index (Phi) is 8.53. The second kappa shape index (κ2) is 10.9. The Morgan fingerprint density at radius 2 is 1.67 bits per heavy atom. The van der Waals surface area contributed by atoms with Gasteiger partial charge in [-0.1, -0.05) is 48.5 Å². The Hall–Kier alpha value is -2.13.